The largest absolute Gasteiger partial charge is 0.462 e. The maximum absolute atomic E-state index is 12.5. The van der Waals surface area contributed by atoms with E-state index in [-0.39, 0.29) is 6.04 Å². The van der Waals surface area contributed by atoms with Crippen molar-refractivity contribution in [1.29, 1.82) is 0 Å². The summed E-state index contributed by atoms with van der Waals surface area (Å²) in [5.41, 5.74) is 3.98. The molecule has 0 unspecified atom stereocenters. The number of rotatable bonds is 5. The van der Waals surface area contributed by atoms with Gasteiger partial charge >= 0.3 is 5.97 Å². The number of nitrogens with zero attached hydrogens (tertiary/aromatic N) is 1. The van der Waals surface area contributed by atoms with E-state index in [1.54, 1.807) is 13.1 Å². The molecule has 0 aliphatic heterocycles. The lowest BCUT2D eigenvalue weighted by Crippen LogP contribution is -2.14. The average Bonchev–Trinajstić information content (AvgIpc) is 2.63. The number of anilines is 1. The molecule has 0 saturated heterocycles. The summed E-state index contributed by atoms with van der Waals surface area (Å²) in [4.78, 5) is 16.9. The topological polar surface area (TPSA) is 51.2 Å². The molecule has 26 heavy (non-hydrogen) atoms. The molecule has 1 heterocycles. The summed E-state index contributed by atoms with van der Waals surface area (Å²) in [6.07, 6.45) is 1.57. The number of hydrogen-bond donors (Lipinski definition) is 1. The predicted molar refractivity (Wildman–Crippen MR) is 106 cm³/mol. The van der Waals surface area contributed by atoms with Gasteiger partial charge in [-0.15, -0.1) is 0 Å². The zero-order valence-electron chi connectivity index (χ0n) is 15.0. The number of aryl methyl sites for hydroxylation is 1. The van der Waals surface area contributed by atoms with Crippen molar-refractivity contribution in [2.75, 3.05) is 11.9 Å². The molecule has 0 radical (unpaired) electrons. The van der Waals surface area contributed by atoms with Crippen LogP contribution in [0.1, 0.15) is 41.4 Å². The van der Waals surface area contributed by atoms with E-state index in [1.807, 2.05) is 56.3 Å². The first kappa shape index (κ1) is 18.2. The van der Waals surface area contributed by atoms with Crippen molar-refractivity contribution >= 4 is 34.2 Å². The molecule has 2 aromatic carbocycles. The maximum atomic E-state index is 12.5. The van der Waals surface area contributed by atoms with Gasteiger partial charge in [-0.2, -0.15) is 0 Å². The van der Waals surface area contributed by atoms with Crippen LogP contribution in [0.2, 0.25) is 5.02 Å². The van der Waals surface area contributed by atoms with E-state index in [0.717, 1.165) is 22.0 Å². The highest BCUT2D eigenvalue weighted by Gasteiger charge is 2.19. The SMILES string of the molecule is CCOC(=O)c1cnc2c(C)cc(Cl)cc2c1N[C@@H](C)c1ccccc1. The Bertz CT molecular complexity index is 942. The molecule has 0 aliphatic rings. The third-order valence-electron chi connectivity index (χ3n) is 4.28. The minimum atomic E-state index is -0.401. The van der Waals surface area contributed by atoms with Crippen LogP contribution in [-0.4, -0.2) is 17.6 Å². The van der Waals surface area contributed by atoms with Crippen molar-refractivity contribution in [1.82, 2.24) is 4.98 Å². The number of nitrogens with one attached hydrogen (secondary N) is 1. The lowest BCUT2D eigenvalue weighted by molar-refractivity contribution is 0.0527. The third-order valence-corrected chi connectivity index (χ3v) is 4.50. The van der Waals surface area contributed by atoms with Gasteiger partial charge in [0.1, 0.15) is 5.56 Å². The minimum absolute atomic E-state index is 0.00531. The first-order valence-corrected chi connectivity index (χ1v) is 8.96. The van der Waals surface area contributed by atoms with Crippen molar-refractivity contribution in [3.8, 4) is 0 Å². The fourth-order valence-corrected chi connectivity index (χ4v) is 3.27. The molecule has 0 aliphatic carbocycles. The third kappa shape index (κ3) is 3.65. The summed E-state index contributed by atoms with van der Waals surface area (Å²) in [5, 5.41) is 4.88. The van der Waals surface area contributed by atoms with Crippen LogP contribution in [0.25, 0.3) is 10.9 Å². The van der Waals surface area contributed by atoms with E-state index in [1.165, 1.54) is 0 Å². The molecule has 1 atom stereocenters. The Morgan fingerprint density at radius 1 is 1.27 bits per heavy atom. The molecular formula is C21H21ClN2O2. The Morgan fingerprint density at radius 2 is 2.00 bits per heavy atom. The van der Waals surface area contributed by atoms with Gasteiger partial charge in [-0.05, 0) is 44.0 Å². The van der Waals surface area contributed by atoms with E-state index < -0.39 is 5.97 Å². The molecule has 0 amide bonds. The summed E-state index contributed by atoms with van der Waals surface area (Å²) >= 11 is 6.27. The van der Waals surface area contributed by atoms with E-state index in [4.69, 9.17) is 16.3 Å². The Hall–Kier alpha value is -2.59. The van der Waals surface area contributed by atoms with Crippen LogP contribution in [0.3, 0.4) is 0 Å². The first-order valence-electron chi connectivity index (χ1n) is 8.58. The van der Waals surface area contributed by atoms with Gasteiger partial charge in [0.25, 0.3) is 0 Å². The van der Waals surface area contributed by atoms with Gasteiger partial charge < -0.3 is 10.1 Å². The van der Waals surface area contributed by atoms with Crippen molar-refractivity contribution in [3.63, 3.8) is 0 Å². The normalized spacial score (nSPS) is 12.0. The number of benzene rings is 2. The number of pyridine rings is 1. The summed E-state index contributed by atoms with van der Waals surface area (Å²) < 4.78 is 5.21. The van der Waals surface area contributed by atoms with Gasteiger partial charge in [0, 0.05) is 22.6 Å². The predicted octanol–water partition coefficient (Wildman–Crippen LogP) is 5.55. The van der Waals surface area contributed by atoms with Crippen LogP contribution >= 0.6 is 11.6 Å². The zero-order valence-corrected chi connectivity index (χ0v) is 15.8. The molecular weight excluding hydrogens is 348 g/mol. The van der Waals surface area contributed by atoms with E-state index in [0.29, 0.717) is 22.9 Å². The fraction of sp³-hybridized carbons (Fsp3) is 0.238. The summed E-state index contributed by atoms with van der Waals surface area (Å²) in [7, 11) is 0. The van der Waals surface area contributed by atoms with Crippen molar-refractivity contribution in [2.24, 2.45) is 0 Å². The van der Waals surface area contributed by atoms with Gasteiger partial charge in [0.05, 0.1) is 17.8 Å². The van der Waals surface area contributed by atoms with Gasteiger partial charge in [-0.1, -0.05) is 41.9 Å². The van der Waals surface area contributed by atoms with Crippen LogP contribution in [0.5, 0.6) is 0 Å². The van der Waals surface area contributed by atoms with Crippen LogP contribution in [0.15, 0.2) is 48.7 Å². The molecule has 3 aromatic rings. The molecule has 1 aromatic heterocycles. The lowest BCUT2D eigenvalue weighted by Gasteiger charge is -2.20. The number of carbonyl (C=O) groups is 1. The Kier molecular flexibility index (Phi) is 5.43. The second-order valence-electron chi connectivity index (χ2n) is 6.16. The molecule has 1 N–H and O–H groups in total. The van der Waals surface area contributed by atoms with Crippen molar-refractivity contribution < 1.29 is 9.53 Å². The maximum Gasteiger partial charge on any atom is 0.341 e. The number of carbonyl (C=O) groups excluding carboxylic acids is 1. The molecule has 0 saturated carbocycles. The second-order valence-corrected chi connectivity index (χ2v) is 6.60. The fourth-order valence-electron chi connectivity index (χ4n) is 3.00. The standard InChI is InChI=1S/C21H21ClN2O2/c1-4-26-21(25)18-12-23-19-13(2)10-16(22)11-17(19)20(18)24-14(3)15-8-6-5-7-9-15/h5-12,14H,4H2,1-3H3,(H,23,24)/t14-/m0/s1. The molecule has 4 nitrogen and oxygen atoms in total. The van der Waals surface area contributed by atoms with Gasteiger partial charge in [-0.3, -0.25) is 4.98 Å². The molecule has 134 valence electrons. The van der Waals surface area contributed by atoms with E-state index in [2.05, 4.69) is 10.3 Å². The summed E-state index contributed by atoms with van der Waals surface area (Å²) in [6, 6.07) is 13.7. The second kappa shape index (κ2) is 7.75. The number of aromatic nitrogens is 1. The number of fused-ring (bicyclic) bond motifs is 1. The number of hydrogen-bond acceptors (Lipinski definition) is 4. The molecule has 5 heteroatoms. The number of halogens is 1. The monoisotopic (exact) mass is 368 g/mol. The van der Waals surface area contributed by atoms with Crippen molar-refractivity contribution in [2.45, 2.75) is 26.8 Å². The van der Waals surface area contributed by atoms with Crippen LogP contribution < -0.4 is 5.32 Å². The number of esters is 1. The molecule has 3 rings (SSSR count). The van der Waals surface area contributed by atoms with Gasteiger partial charge in [0.2, 0.25) is 0 Å². The quantitative estimate of drug-likeness (QED) is 0.600. The lowest BCUT2D eigenvalue weighted by atomic mass is 10.0. The molecule has 0 spiro atoms. The van der Waals surface area contributed by atoms with Crippen molar-refractivity contribution in [3.05, 3.63) is 70.4 Å². The molecule has 0 bridgehead atoms. The van der Waals surface area contributed by atoms with Crippen LogP contribution in [0.4, 0.5) is 5.69 Å². The first-order chi connectivity index (χ1) is 12.5. The highest BCUT2D eigenvalue weighted by atomic mass is 35.5. The van der Waals surface area contributed by atoms with Crippen LogP contribution in [-0.2, 0) is 4.74 Å². The van der Waals surface area contributed by atoms with Crippen LogP contribution in [0, 0.1) is 6.92 Å². The average molecular weight is 369 g/mol. The van der Waals surface area contributed by atoms with E-state index in [9.17, 15) is 4.79 Å². The van der Waals surface area contributed by atoms with E-state index >= 15 is 0 Å². The smallest absolute Gasteiger partial charge is 0.341 e. The molecule has 0 fully saturated rings. The van der Waals surface area contributed by atoms with Gasteiger partial charge in [0.15, 0.2) is 0 Å². The Labute approximate surface area is 158 Å². The highest BCUT2D eigenvalue weighted by Crippen LogP contribution is 2.33. The highest BCUT2D eigenvalue weighted by molar-refractivity contribution is 6.31. The summed E-state index contributed by atoms with van der Waals surface area (Å²) in [5.74, 6) is -0.401. The zero-order chi connectivity index (χ0) is 18.7. The minimum Gasteiger partial charge on any atom is -0.462 e. The Balaban J connectivity index is 2.15. The number of ether oxygens (including phenoxy) is 1. The Morgan fingerprint density at radius 3 is 2.69 bits per heavy atom. The summed E-state index contributed by atoms with van der Waals surface area (Å²) in [6.45, 7) is 6.09. The van der Waals surface area contributed by atoms with Gasteiger partial charge in [-0.25, -0.2) is 4.79 Å².